The molecule has 1 amide bonds. The number of halogens is 3. The molecule has 40 heavy (non-hydrogen) atoms. The molecule has 0 saturated heterocycles. The summed E-state index contributed by atoms with van der Waals surface area (Å²) in [6.07, 6.45) is 4.23. The third-order valence-corrected chi connectivity index (χ3v) is 6.42. The maximum Gasteiger partial charge on any atom is 0.234 e. The first-order valence-electron chi connectivity index (χ1n) is 13.1. The van der Waals surface area contributed by atoms with Gasteiger partial charge in [-0.2, -0.15) is 0 Å². The van der Waals surface area contributed by atoms with E-state index < -0.39 is 0 Å². The predicted octanol–water partition coefficient (Wildman–Crippen LogP) is 5.19. The highest BCUT2D eigenvalue weighted by Gasteiger charge is 2.13. The zero-order valence-electron chi connectivity index (χ0n) is 22.4. The van der Waals surface area contributed by atoms with E-state index in [1.165, 1.54) is 0 Å². The van der Waals surface area contributed by atoms with Gasteiger partial charge in [-0.25, -0.2) is 0 Å². The number of hydrogen-bond acceptors (Lipinski definition) is 6. The Bertz CT molecular complexity index is 1390. The summed E-state index contributed by atoms with van der Waals surface area (Å²) in [7, 11) is 0. The number of amides is 1. The van der Waals surface area contributed by atoms with Gasteiger partial charge in [0.1, 0.15) is 11.3 Å². The lowest BCUT2D eigenvalue weighted by Crippen LogP contribution is -2.34. The van der Waals surface area contributed by atoms with Crippen LogP contribution in [0.5, 0.6) is 0 Å². The van der Waals surface area contributed by atoms with Crippen molar-refractivity contribution >= 4 is 64.9 Å². The second kappa shape index (κ2) is 18.7. The Morgan fingerprint density at radius 1 is 0.775 bits per heavy atom. The SMILES string of the molecule is Cl.Cl.Cl.NCCCCNCCCCNCC(=O)NCc1cccc2c(=O)cc(-c3cccc4ccccc34)oc12. The maximum atomic E-state index is 12.9. The van der Waals surface area contributed by atoms with E-state index in [0.717, 1.165) is 73.8 Å². The van der Waals surface area contributed by atoms with E-state index in [-0.39, 0.29) is 61.6 Å². The summed E-state index contributed by atoms with van der Waals surface area (Å²) in [4.78, 5) is 25.3. The van der Waals surface area contributed by atoms with E-state index in [0.29, 0.717) is 16.7 Å². The summed E-state index contributed by atoms with van der Waals surface area (Å²) in [5.74, 6) is 0.424. The van der Waals surface area contributed by atoms with E-state index in [1.54, 1.807) is 12.1 Å². The van der Waals surface area contributed by atoms with Gasteiger partial charge in [-0.05, 0) is 68.7 Å². The van der Waals surface area contributed by atoms with Crippen LogP contribution in [0.2, 0.25) is 0 Å². The molecule has 10 heteroatoms. The fourth-order valence-corrected chi connectivity index (χ4v) is 4.43. The quantitative estimate of drug-likeness (QED) is 0.147. The number of nitrogens with one attached hydrogen (secondary N) is 3. The van der Waals surface area contributed by atoms with Crippen molar-refractivity contribution in [2.24, 2.45) is 5.73 Å². The summed E-state index contributed by atoms with van der Waals surface area (Å²) in [5.41, 5.74) is 7.53. The van der Waals surface area contributed by atoms with Crippen molar-refractivity contribution in [2.45, 2.75) is 32.2 Å². The number of benzene rings is 3. The third kappa shape index (κ3) is 9.77. The zero-order valence-corrected chi connectivity index (χ0v) is 24.9. The first kappa shape index (κ1) is 35.4. The Kier molecular flexibility index (Phi) is 16.5. The summed E-state index contributed by atoms with van der Waals surface area (Å²) < 4.78 is 6.29. The number of fused-ring (bicyclic) bond motifs is 2. The van der Waals surface area contributed by atoms with E-state index in [9.17, 15) is 9.59 Å². The van der Waals surface area contributed by atoms with Crippen molar-refractivity contribution < 1.29 is 9.21 Å². The minimum atomic E-state index is -0.104. The van der Waals surface area contributed by atoms with E-state index in [2.05, 4.69) is 16.0 Å². The fraction of sp³-hybridized carbons (Fsp3) is 0.333. The molecule has 3 aromatic carbocycles. The Balaban J connectivity index is 0.00000267. The maximum absolute atomic E-state index is 12.9. The average molecular weight is 610 g/mol. The van der Waals surface area contributed by atoms with Gasteiger partial charge in [0, 0.05) is 23.7 Å². The molecular weight excluding hydrogens is 571 g/mol. The molecule has 1 heterocycles. The average Bonchev–Trinajstić information content (AvgIpc) is 2.92. The predicted molar refractivity (Wildman–Crippen MR) is 172 cm³/mol. The van der Waals surface area contributed by atoms with Crippen LogP contribution < -0.4 is 27.1 Å². The van der Waals surface area contributed by atoms with Crippen LogP contribution in [0.3, 0.4) is 0 Å². The summed E-state index contributed by atoms with van der Waals surface area (Å²) in [6.45, 7) is 4.05. The highest BCUT2D eigenvalue weighted by molar-refractivity contribution is 5.96. The van der Waals surface area contributed by atoms with Crippen LogP contribution >= 0.6 is 37.2 Å². The standard InChI is InChI=1S/C30H36N4O3.3ClH/c31-15-3-4-16-32-17-5-6-18-33-21-29(36)34-20-23-11-8-14-26-27(35)19-28(37-30(23)26)25-13-7-10-22-9-1-2-12-24(22)25;;;/h1-2,7-14,19,32-33H,3-6,15-18,20-21,31H2,(H,34,36);3*1H. The van der Waals surface area contributed by atoms with Crippen LogP contribution in [0.4, 0.5) is 0 Å². The van der Waals surface area contributed by atoms with Crippen LogP contribution in [0.1, 0.15) is 31.2 Å². The monoisotopic (exact) mass is 608 g/mol. The second-order valence-electron chi connectivity index (χ2n) is 9.20. The summed E-state index contributed by atoms with van der Waals surface area (Å²) in [5, 5.41) is 12.2. The van der Waals surface area contributed by atoms with Crippen LogP contribution in [0, 0.1) is 0 Å². The normalized spacial score (nSPS) is 10.4. The first-order valence-corrected chi connectivity index (χ1v) is 13.1. The molecule has 0 fully saturated rings. The zero-order chi connectivity index (χ0) is 25.9. The third-order valence-electron chi connectivity index (χ3n) is 6.42. The van der Waals surface area contributed by atoms with Gasteiger partial charge in [0.2, 0.25) is 5.91 Å². The number of carbonyl (C=O) groups is 1. The smallest absolute Gasteiger partial charge is 0.234 e. The van der Waals surface area contributed by atoms with Gasteiger partial charge in [-0.1, -0.05) is 54.6 Å². The fourth-order valence-electron chi connectivity index (χ4n) is 4.43. The largest absolute Gasteiger partial charge is 0.455 e. The van der Waals surface area contributed by atoms with Crippen LogP contribution in [0.15, 0.2) is 75.9 Å². The topological polar surface area (TPSA) is 109 Å². The number of unbranched alkanes of at least 4 members (excludes halogenated alkanes) is 2. The Hall–Kier alpha value is -2.65. The number of rotatable bonds is 14. The van der Waals surface area contributed by atoms with Gasteiger partial charge in [-0.15, -0.1) is 37.2 Å². The van der Waals surface area contributed by atoms with Gasteiger partial charge in [-0.3, -0.25) is 9.59 Å². The first-order chi connectivity index (χ1) is 18.2. The molecule has 0 atom stereocenters. The summed E-state index contributed by atoms with van der Waals surface area (Å²) in [6, 6.07) is 21.0. The van der Waals surface area contributed by atoms with Gasteiger partial charge in [0.05, 0.1) is 11.9 Å². The minimum absolute atomic E-state index is 0. The lowest BCUT2D eigenvalue weighted by molar-refractivity contribution is -0.120. The number of carbonyl (C=O) groups excluding carboxylic acids is 1. The molecular formula is C30H39Cl3N4O3. The molecule has 0 aliphatic heterocycles. The molecule has 0 aliphatic carbocycles. The van der Waals surface area contributed by atoms with Crippen molar-refractivity contribution in [3.8, 4) is 11.3 Å². The molecule has 5 N–H and O–H groups in total. The second-order valence-corrected chi connectivity index (χ2v) is 9.20. The molecule has 1 aromatic heterocycles. The Morgan fingerprint density at radius 2 is 1.43 bits per heavy atom. The van der Waals surface area contributed by atoms with Crippen LogP contribution in [-0.2, 0) is 11.3 Å². The van der Waals surface area contributed by atoms with Gasteiger partial charge in [0.15, 0.2) is 5.43 Å². The van der Waals surface area contributed by atoms with Crippen molar-refractivity contribution in [3.63, 3.8) is 0 Å². The number of nitrogens with two attached hydrogens (primary N) is 1. The molecule has 4 aromatic rings. The van der Waals surface area contributed by atoms with Crippen molar-refractivity contribution in [1.82, 2.24) is 16.0 Å². The lowest BCUT2D eigenvalue weighted by Gasteiger charge is -2.11. The van der Waals surface area contributed by atoms with Crippen LogP contribution in [0.25, 0.3) is 33.1 Å². The Morgan fingerprint density at radius 3 is 2.20 bits per heavy atom. The number of para-hydroxylation sites is 1. The van der Waals surface area contributed by atoms with Gasteiger partial charge >= 0.3 is 0 Å². The minimum Gasteiger partial charge on any atom is -0.455 e. The Labute approximate surface area is 253 Å². The molecule has 0 bridgehead atoms. The van der Waals surface area contributed by atoms with E-state index >= 15 is 0 Å². The molecule has 0 unspecified atom stereocenters. The molecule has 7 nitrogen and oxygen atoms in total. The van der Waals surface area contributed by atoms with Crippen LogP contribution in [-0.4, -0.2) is 38.6 Å². The van der Waals surface area contributed by atoms with Crippen molar-refractivity contribution in [3.05, 3.63) is 82.5 Å². The van der Waals surface area contributed by atoms with E-state index in [1.807, 2.05) is 54.6 Å². The van der Waals surface area contributed by atoms with Gasteiger partial charge < -0.3 is 26.1 Å². The van der Waals surface area contributed by atoms with Gasteiger partial charge in [0.25, 0.3) is 0 Å². The molecule has 0 spiro atoms. The molecule has 0 radical (unpaired) electrons. The van der Waals surface area contributed by atoms with E-state index in [4.69, 9.17) is 10.2 Å². The highest BCUT2D eigenvalue weighted by atomic mass is 35.5. The lowest BCUT2D eigenvalue weighted by atomic mass is 10.0. The molecule has 0 saturated carbocycles. The number of hydrogen-bond donors (Lipinski definition) is 4. The molecule has 218 valence electrons. The van der Waals surface area contributed by atoms with Crippen molar-refractivity contribution in [1.29, 1.82) is 0 Å². The summed E-state index contributed by atoms with van der Waals surface area (Å²) >= 11 is 0. The molecule has 4 rings (SSSR count). The highest BCUT2D eigenvalue weighted by Crippen LogP contribution is 2.30. The molecule has 0 aliphatic rings. The van der Waals surface area contributed by atoms with Crippen molar-refractivity contribution in [2.75, 3.05) is 32.7 Å².